The van der Waals surface area contributed by atoms with Gasteiger partial charge in [0, 0.05) is 119 Å². The van der Waals surface area contributed by atoms with Gasteiger partial charge < -0.3 is 32.4 Å². The molecule has 3 N–H and O–H groups in total. The van der Waals surface area contributed by atoms with E-state index in [0.29, 0.717) is 128 Å². The number of carbonyl (C=O) groups excluding carboxylic acids is 4. The van der Waals surface area contributed by atoms with Gasteiger partial charge in [0.05, 0.1) is 71.4 Å². The summed E-state index contributed by atoms with van der Waals surface area (Å²) < 4.78 is 114. The molecular weight excluding hydrogens is 1490 g/mol. The number of carbonyl (C=O) groups is 4. The fourth-order valence-corrected chi connectivity index (χ4v) is 18.1. The Morgan fingerprint density at radius 2 is 0.645 bits per heavy atom. The molecule has 0 atom stereocenters. The van der Waals surface area contributed by atoms with Gasteiger partial charge in [0.25, 0.3) is 17.7 Å². The highest BCUT2D eigenvalue weighted by atomic mass is 32.2. The lowest BCUT2D eigenvalue weighted by molar-refractivity contribution is -0.115. The molecule has 558 valence electrons. The number of rotatable bonds is 16. The van der Waals surface area contributed by atoms with Crippen LogP contribution in [-0.2, 0) is 49.1 Å². The largest absolute Gasteiger partial charge is 0.451 e. The highest BCUT2D eigenvalue weighted by Crippen LogP contribution is 2.35. The van der Waals surface area contributed by atoms with E-state index in [2.05, 4.69) is 30.9 Å². The van der Waals surface area contributed by atoms with Crippen molar-refractivity contribution in [3.8, 4) is 33.8 Å². The standard InChI is InChI=1S/3C24H23N3O5S2.C3H7NO/c3*1-15-3-8-21-19(13-15)16(2)22(32-21)23(28)26-24-25-20(14-33-24)17-4-6-18(7-5-17)34(29,30)27-9-11-31-12-10-27;1-4(2)3-5/h3*3-8,13-14H,9-12H2,1-2H3,(H,25,26,28);3H,1-2H3. The summed E-state index contributed by atoms with van der Waals surface area (Å²) in [5.41, 5.74) is 11.8. The first kappa shape index (κ1) is 77.0. The Hall–Kier alpha value is -9.68. The van der Waals surface area contributed by atoms with Crippen LogP contribution in [0.15, 0.2) is 171 Å². The van der Waals surface area contributed by atoms with Gasteiger partial charge in [-0.3, -0.25) is 35.1 Å². The third-order valence-corrected chi connectivity index (χ3v) is 25.6. The smallest absolute Gasteiger partial charge is 0.293 e. The van der Waals surface area contributed by atoms with E-state index in [0.717, 1.165) is 72.6 Å². The quantitative estimate of drug-likeness (QED) is 0.0757. The number of ether oxygens (including phenoxy) is 3. The maximum Gasteiger partial charge on any atom is 0.293 e. The van der Waals surface area contributed by atoms with Crippen molar-refractivity contribution in [2.75, 3.05) is 109 Å². The number of aromatic nitrogens is 3. The number of fused-ring (bicyclic) bond motifs is 3. The van der Waals surface area contributed by atoms with E-state index in [1.807, 2.05) is 112 Å². The molecule has 3 aliphatic heterocycles. The minimum Gasteiger partial charge on any atom is -0.451 e. The molecule has 3 fully saturated rings. The topological polar surface area (TPSA) is 326 Å². The molecule has 0 saturated carbocycles. The first-order valence-corrected chi connectivity index (χ1v) is 40.7. The molecule has 3 saturated heterocycles. The Bertz CT molecular complexity index is 5060. The van der Waals surface area contributed by atoms with E-state index < -0.39 is 30.1 Å². The average Bonchev–Trinajstić information content (AvgIpc) is 1.73. The number of furan rings is 3. The molecule has 0 aliphatic carbocycles. The fraction of sp³-hybridized carbons (Fsp3) is 0.267. The number of anilines is 3. The van der Waals surface area contributed by atoms with Gasteiger partial charge in [-0.05, 0) is 114 Å². The van der Waals surface area contributed by atoms with Gasteiger partial charge in [0.2, 0.25) is 36.5 Å². The number of thiazole rings is 3. The van der Waals surface area contributed by atoms with Gasteiger partial charge in [-0.25, -0.2) is 40.2 Å². The van der Waals surface area contributed by atoms with E-state index in [1.165, 1.54) is 51.8 Å². The molecule has 4 amide bonds. The maximum atomic E-state index is 12.8. The van der Waals surface area contributed by atoms with Crippen molar-refractivity contribution < 1.29 is 71.9 Å². The lowest BCUT2D eigenvalue weighted by Gasteiger charge is -2.26. The number of morpholine rings is 3. The molecule has 107 heavy (non-hydrogen) atoms. The zero-order valence-electron chi connectivity index (χ0n) is 59.5. The summed E-state index contributed by atoms with van der Waals surface area (Å²) in [6, 6.07) is 37.2. The lowest BCUT2D eigenvalue weighted by Crippen LogP contribution is -2.40. The number of hydrogen-bond acceptors (Lipinski definition) is 22. The molecule has 0 unspecified atom stereocenters. The molecule has 9 heterocycles. The highest BCUT2D eigenvalue weighted by molar-refractivity contribution is 7.89. The van der Waals surface area contributed by atoms with Gasteiger partial charge >= 0.3 is 0 Å². The number of hydrogen-bond donors (Lipinski definition) is 3. The van der Waals surface area contributed by atoms with Crippen molar-refractivity contribution in [2.24, 2.45) is 0 Å². The molecule has 3 aliphatic rings. The highest BCUT2D eigenvalue weighted by Gasteiger charge is 2.31. The SMILES string of the molecule is CN(C)C=O.Cc1ccc2oc(C(=O)Nc3nc(-c4ccc(S(=O)(=O)N5CCOCC5)cc4)cs3)c(C)c2c1.Cc1ccc2oc(C(=O)Nc3nc(-c4ccc(S(=O)(=O)N5CCOCC5)cc4)cs3)c(C)c2c1.Cc1ccc2oc(C(=O)Nc3nc(-c4ccc(S(=O)(=O)N5CCOCC5)cc4)cs3)c(C)c2c1. The van der Waals surface area contributed by atoms with Crippen LogP contribution in [0, 0.1) is 41.5 Å². The first-order valence-electron chi connectivity index (χ1n) is 33.7. The second kappa shape index (κ2) is 33.2. The first-order chi connectivity index (χ1) is 51.2. The molecular formula is C75H76N10O16S6. The fourth-order valence-electron chi connectivity index (χ4n) is 11.7. The number of nitrogens with one attached hydrogen (secondary N) is 3. The van der Waals surface area contributed by atoms with Gasteiger partial charge in [-0.15, -0.1) is 34.0 Å². The van der Waals surface area contributed by atoms with Crippen LogP contribution in [0.3, 0.4) is 0 Å². The summed E-state index contributed by atoms with van der Waals surface area (Å²) in [5, 5.41) is 17.9. The minimum absolute atomic E-state index is 0.234. The monoisotopic (exact) mass is 1560 g/mol. The Kier molecular flexibility index (Phi) is 23.9. The van der Waals surface area contributed by atoms with Crippen molar-refractivity contribution in [3.05, 3.63) is 194 Å². The summed E-state index contributed by atoms with van der Waals surface area (Å²) in [4.78, 5) is 63.5. The van der Waals surface area contributed by atoms with Crippen LogP contribution in [0.1, 0.15) is 65.0 Å². The molecule has 15 rings (SSSR count). The maximum absolute atomic E-state index is 12.8. The Balaban J connectivity index is 0.000000145. The van der Waals surface area contributed by atoms with Crippen molar-refractivity contribution in [1.29, 1.82) is 0 Å². The molecule has 12 aromatic rings. The van der Waals surface area contributed by atoms with Gasteiger partial charge in [0.1, 0.15) is 16.7 Å². The Morgan fingerprint density at radius 1 is 0.402 bits per heavy atom. The van der Waals surface area contributed by atoms with E-state index in [9.17, 15) is 44.4 Å². The molecule has 26 nitrogen and oxygen atoms in total. The van der Waals surface area contributed by atoms with E-state index in [4.69, 9.17) is 27.5 Å². The van der Waals surface area contributed by atoms with Crippen LogP contribution < -0.4 is 16.0 Å². The van der Waals surface area contributed by atoms with Gasteiger partial charge in [0.15, 0.2) is 32.7 Å². The predicted molar refractivity (Wildman–Crippen MR) is 412 cm³/mol. The number of aryl methyl sites for hydroxylation is 6. The van der Waals surface area contributed by atoms with Crippen LogP contribution in [0.2, 0.25) is 0 Å². The van der Waals surface area contributed by atoms with Crippen LogP contribution in [-0.4, -0.2) is 175 Å². The van der Waals surface area contributed by atoms with Crippen LogP contribution in [0.4, 0.5) is 15.4 Å². The molecule has 0 radical (unpaired) electrons. The summed E-state index contributed by atoms with van der Waals surface area (Å²) in [6.45, 7) is 16.1. The third-order valence-electron chi connectivity index (χ3n) is 17.6. The molecule has 6 aromatic heterocycles. The van der Waals surface area contributed by atoms with Crippen molar-refractivity contribution >= 4 is 137 Å². The average molecular weight is 1570 g/mol. The van der Waals surface area contributed by atoms with Crippen molar-refractivity contribution in [2.45, 2.75) is 56.2 Å². The summed E-state index contributed by atoms with van der Waals surface area (Å²) >= 11 is 3.87. The number of amides is 4. The Morgan fingerprint density at radius 3 is 0.879 bits per heavy atom. The summed E-state index contributed by atoms with van der Waals surface area (Å²) in [5.74, 6) is -0.308. The lowest BCUT2D eigenvalue weighted by atomic mass is 10.1. The van der Waals surface area contributed by atoms with Gasteiger partial charge in [-0.2, -0.15) is 12.9 Å². The molecule has 32 heteroatoms. The number of benzene rings is 6. The summed E-state index contributed by atoms with van der Waals surface area (Å²) in [6.07, 6.45) is 0.750. The van der Waals surface area contributed by atoms with Crippen LogP contribution >= 0.6 is 34.0 Å². The molecule has 6 aromatic carbocycles. The zero-order valence-corrected chi connectivity index (χ0v) is 64.4. The Labute approximate surface area is 630 Å². The van der Waals surface area contributed by atoms with Crippen molar-refractivity contribution in [1.82, 2.24) is 32.8 Å². The second-order valence-electron chi connectivity index (χ2n) is 25.3. The van der Waals surface area contributed by atoms with E-state index in [-0.39, 0.29) is 49.7 Å². The predicted octanol–water partition coefficient (Wildman–Crippen LogP) is 13.0. The van der Waals surface area contributed by atoms with Gasteiger partial charge in [-0.1, -0.05) is 71.3 Å². The summed E-state index contributed by atoms with van der Waals surface area (Å²) in [7, 11) is -7.28. The zero-order chi connectivity index (χ0) is 75.9. The normalized spacial score (nSPS) is 14.6. The van der Waals surface area contributed by atoms with Crippen molar-refractivity contribution in [3.63, 3.8) is 0 Å². The number of nitrogens with zero attached hydrogens (tertiary/aromatic N) is 7. The van der Waals surface area contributed by atoms with E-state index in [1.54, 1.807) is 86.9 Å². The van der Waals surface area contributed by atoms with Crippen LogP contribution in [0.25, 0.3) is 66.7 Å². The van der Waals surface area contributed by atoms with E-state index >= 15 is 0 Å². The number of sulfonamides is 3. The second-order valence-corrected chi connectivity index (χ2v) is 33.7. The molecule has 0 bridgehead atoms. The minimum atomic E-state index is -3.55. The van der Waals surface area contributed by atoms with Crippen LogP contribution in [0.5, 0.6) is 0 Å². The third kappa shape index (κ3) is 17.7. The molecule has 0 spiro atoms.